The Morgan fingerprint density at radius 1 is 1.17 bits per heavy atom. The molecule has 0 fully saturated rings. The van der Waals surface area contributed by atoms with Crippen LogP contribution in [-0.4, -0.2) is 0 Å². The summed E-state index contributed by atoms with van der Waals surface area (Å²) < 4.78 is 2.21. The highest BCUT2D eigenvalue weighted by molar-refractivity contribution is 4.83. The van der Waals surface area contributed by atoms with Crippen molar-refractivity contribution in [1.29, 1.82) is 5.26 Å². The van der Waals surface area contributed by atoms with E-state index in [2.05, 4.69) is 36.0 Å². The number of pyridine rings is 1. The van der Waals surface area contributed by atoms with Crippen molar-refractivity contribution < 1.29 is 4.57 Å². The summed E-state index contributed by atoms with van der Waals surface area (Å²) in [5, 5.41) is 6.25. The smallest absolute Gasteiger partial charge is 0.168 e. The standard InChI is InChI=1S/C9H14N.CN/c1-2-3-7-10-8-5-4-6-9-10;1-2/h4-6,8-9H,2-3,7H2,1H3;/q+1;-1. The topological polar surface area (TPSA) is 27.7 Å². The van der Waals surface area contributed by atoms with E-state index in [-0.39, 0.29) is 0 Å². The second-order valence-corrected chi connectivity index (χ2v) is 2.47. The molecule has 0 N–H and O–H groups in total. The van der Waals surface area contributed by atoms with Crippen LogP contribution in [0.1, 0.15) is 19.8 Å². The molecule has 2 nitrogen and oxygen atoms in total. The predicted octanol–water partition coefficient (Wildman–Crippen LogP) is 1.87. The summed E-state index contributed by atoms with van der Waals surface area (Å²) >= 11 is 0. The third kappa shape index (κ3) is 4.45. The highest BCUT2D eigenvalue weighted by atomic mass is 14.9. The first-order valence-electron chi connectivity index (χ1n) is 4.10. The van der Waals surface area contributed by atoms with Gasteiger partial charge in [-0.3, -0.25) is 0 Å². The fraction of sp³-hybridized carbons (Fsp3) is 0.400. The normalized spacial score (nSPS) is 8.25. The monoisotopic (exact) mass is 162 g/mol. The minimum Gasteiger partial charge on any atom is -0.512 e. The average molecular weight is 162 g/mol. The summed E-state index contributed by atoms with van der Waals surface area (Å²) in [6.07, 6.45) is 6.75. The van der Waals surface area contributed by atoms with E-state index >= 15 is 0 Å². The Balaban J connectivity index is 0.000000561. The first kappa shape index (κ1) is 10.6. The lowest BCUT2D eigenvalue weighted by Crippen LogP contribution is -2.31. The zero-order valence-electron chi connectivity index (χ0n) is 7.40. The fourth-order valence-electron chi connectivity index (χ4n) is 0.924. The maximum Gasteiger partial charge on any atom is 0.168 e. The van der Waals surface area contributed by atoms with Crippen LogP contribution in [0, 0.1) is 11.8 Å². The second-order valence-electron chi connectivity index (χ2n) is 2.47. The summed E-state index contributed by atoms with van der Waals surface area (Å²) in [4.78, 5) is 0. The van der Waals surface area contributed by atoms with Gasteiger partial charge < -0.3 is 11.8 Å². The van der Waals surface area contributed by atoms with Gasteiger partial charge in [0.05, 0.1) is 0 Å². The molecule has 1 heterocycles. The van der Waals surface area contributed by atoms with Crippen molar-refractivity contribution in [3.63, 3.8) is 0 Å². The van der Waals surface area contributed by atoms with Crippen LogP contribution in [0.2, 0.25) is 0 Å². The molecule has 1 aromatic rings. The zero-order chi connectivity index (χ0) is 9.23. The molecular formula is C10H14N2. The van der Waals surface area contributed by atoms with Gasteiger partial charge in [-0.1, -0.05) is 19.4 Å². The molecule has 1 rings (SSSR count). The number of unbranched alkanes of at least 4 members (excludes halogenated alkanes) is 1. The summed E-state index contributed by atoms with van der Waals surface area (Å²) in [5.41, 5.74) is 0. The molecule has 0 atom stereocenters. The summed E-state index contributed by atoms with van der Waals surface area (Å²) in [6.45, 7) is 8.11. The van der Waals surface area contributed by atoms with Gasteiger partial charge in [-0.15, -0.1) is 0 Å². The highest BCUT2D eigenvalue weighted by Crippen LogP contribution is 1.85. The SMILES string of the molecule is CCCC[n+]1ccccc1.[C-]#N. The first-order chi connectivity index (χ1) is 5.93. The maximum atomic E-state index is 6.25. The van der Waals surface area contributed by atoms with Crippen LogP contribution in [0.5, 0.6) is 0 Å². The molecule has 0 amide bonds. The summed E-state index contributed by atoms with van der Waals surface area (Å²) in [6, 6.07) is 6.17. The predicted molar refractivity (Wildman–Crippen MR) is 46.5 cm³/mol. The Bertz CT molecular complexity index is 204. The minimum absolute atomic E-state index is 1.15. The Hall–Kier alpha value is -1.36. The number of aromatic nitrogens is 1. The molecule has 0 aliphatic carbocycles. The van der Waals surface area contributed by atoms with Gasteiger partial charge >= 0.3 is 0 Å². The lowest BCUT2D eigenvalue weighted by Gasteiger charge is -1.91. The number of rotatable bonds is 3. The molecule has 12 heavy (non-hydrogen) atoms. The van der Waals surface area contributed by atoms with Gasteiger partial charge in [0, 0.05) is 18.6 Å². The largest absolute Gasteiger partial charge is 0.512 e. The highest BCUT2D eigenvalue weighted by Gasteiger charge is 1.93. The van der Waals surface area contributed by atoms with E-state index in [9.17, 15) is 0 Å². The molecule has 0 saturated heterocycles. The molecule has 64 valence electrons. The lowest BCUT2D eigenvalue weighted by atomic mass is 10.3. The number of hydrogen-bond donors (Lipinski definition) is 0. The molecule has 0 spiro atoms. The van der Waals surface area contributed by atoms with E-state index in [1.54, 1.807) is 0 Å². The number of hydrogen-bond acceptors (Lipinski definition) is 1. The molecule has 0 unspecified atom stereocenters. The van der Waals surface area contributed by atoms with Crippen LogP contribution >= 0.6 is 0 Å². The van der Waals surface area contributed by atoms with Gasteiger partial charge in [0.15, 0.2) is 12.4 Å². The van der Waals surface area contributed by atoms with Gasteiger partial charge in [-0.25, -0.2) is 4.57 Å². The van der Waals surface area contributed by atoms with Crippen molar-refractivity contribution in [3.8, 4) is 0 Å². The van der Waals surface area contributed by atoms with Gasteiger partial charge in [0.1, 0.15) is 6.54 Å². The molecule has 0 bridgehead atoms. The summed E-state index contributed by atoms with van der Waals surface area (Å²) in [7, 11) is 0. The van der Waals surface area contributed by atoms with Crippen molar-refractivity contribution in [3.05, 3.63) is 37.2 Å². The van der Waals surface area contributed by atoms with Crippen molar-refractivity contribution in [2.45, 2.75) is 26.3 Å². The summed E-state index contributed by atoms with van der Waals surface area (Å²) in [5.74, 6) is 0. The van der Waals surface area contributed by atoms with E-state index in [0.29, 0.717) is 0 Å². The van der Waals surface area contributed by atoms with Crippen LogP contribution < -0.4 is 4.57 Å². The minimum atomic E-state index is 1.15. The lowest BCUT2D eigenvalue weighted by molar-refractivity contribution is -0.697. The van der Waals surface area contributed by atoms with Crippen molar-refractivity contribution in [1.82, 2.24) is 0 Å². The van der Waals surface area contributed by atoms with Gasteiger partial charge in [0.25, 0.3) is 0 Å². The third-order valence-corrected chi connectivity index (χ3v) is 1.55. The van der Waals surface area contributed by atoms with Gasteiger partial charge in [-0.2, -0.15) is 0 Å². The van der Waals surface area contributed by atoms with Crippen LogP contribution in [0.15, 0.2) is 30.6 Å². The average Bonchev–Trinajstić information content (AvgIpc) is 2.19. The molecule has 0 radical (unpaired) electrons. The van der Waals surface area contributed by atoms with Crippen LogP contribution in [0.3, 0.4) is 0 Å². The van der Waals surface area contributed by atoms with Gasteiger partial charge in [-0.05, 0) is 0 Å². The molecule has 2 heteroatoms. The molecule has 0 aliphatic rings. The first-order valence-corrected chi connectivity index (χ1v) is 4.10. The van der Waals surface area contributed by atoms with Crippen molar-refractivity contribution in [2.24, 2.45) is 0 Å². The fourth-order valence-corrected chi connectivity index (χ4v) is 0.924. The maximum absolute atomic E-state index is 6.25. The van der Waals surface area contributed by atoms with E-state index in [0.717, 1.165) is 6.54 Å². The Kier molecular flexibility index (Phi) is 6.87. The molecule has 1 aromatic heterocycles. The van der Waals surface area contributed by atoms with E-state index < -0.39 is 0 Å². The van der Waals surface area contributed by atoms with Gasteiger partial charge in [0.2, 0.25) is 0 Å². The van der Waals surface area contributed by atoms with E-state index in [1.807, 2.05) is 6.07 Å². The Morgan fingerprint density at radius 2 is 1.75 bits per heavy atom. The number of aryl methyl sites for hydroxylation is 1. The quantitative estimate of drug-likeness (QED) is 0.492. The van der Waals surface area contributed by atoms with Crippen LogP contribution in [0.25, 0.3) is 0 Å². The molecule has 0 aromatic carbocycles. The molecular weight excluding hydrogens is 148 g/mol. The Labute approximate surface area is 74.1 Å². The van der Waals surface area contributed by atoms with E-state index in [4.69, 9.17) is 11.8 Å². The zero-order valence-corrected chi connectivity index (χ0v) is 7.40. The second kappa shape index (κ2) is 7.74. The number of nitrogens with zero attached hydrogens (tertiary/aromatic N) is 2. The van der Waals surface area contributed by atoms with Crippen LogP contribution in [0.4, 0.5) is 0 Å². The molecule has 0 aliphatic heterocycles. The Morgan fingerprint density at radius 3 is 2.25 bits per heavy atom. The van der Waals surface area contributed by atoms with E-state index in [1.165, 1.54) is 12.8 Å². The van der Waals surface area contributed by atoms with Crippen LogP contribution in [-0.2, 0) is 6.54 Å². The molecule has 0 saturated carbocycles. The van der Waals surface area contributed by atoms with Crippen molar-refractivity contribution >= 4 is 0 Å². The van der Waals surface area contributed by atoms with Crippen molar-refractivity contribution in [2.75, 3.05) is 0 Å². The third-order valence-electron chi connectivity index (χ3n) is 1.55.